The second kappa shape index (κ2) is 13.8. The first-order chi connectivity index (χ1) is 19.1. The number of carboxylic acids is 1. The number of amides is 1. The van der Waals surface area contributed by atoms with Crippen LogP contribution < -0.4 is 44.7 Å². The summed E-state index contributed by atoms with van der Waals surface area (Å²) in [6.07, 6.45) is 8.66. The molecule has 198 valence electrons. The van der Waals surface area contributed by atoms with Gasteiger partial charge in [0.15, 0.2) is 5.60 Å². The average molecular weight is 542 g/mol. The number of rotatable bonds is 11. The van der Waals surface area contributed by atoms with Gasteiger partial charge in [0.1, 0.15) is 5.75 Å². The summed E-state index contributed by atoms with van der Waals surface area (Å²) in [5.74, 6) is -0.283. The molecule has 5 nitrogen and oxygen atoms in total. The number of carbonyl (C=O) groups is 2. The summed E-state index contributed by atoms with van der Waals surface area (Å²) in [7, 11) is 0. The zero-order chi connectivity index (χ0) is 27.1. The minimum absolute atomic E-state index is 0. The first kappa shape index (κ1) is 29.6. The molecule has 1 aliphatic rings. The van der Waals surface area contributed by atoms with Crippen LogP contribution in [0.5, 0.6) is 5.75 Å². The Morgan fingerprint density at radius 3 is 2.10 bits per heavy atom. The van der Waals surface area contributed by atoms with Gasteiger partial charge in [0.05, 0.1) is 0 Å². The Bertz CT molecular complexity index is 1440. The largest absolute Gasteiger partial charge is 1.00 e. The van der Waals surface area contributed by atoms with E-state index in [4.69, 9.17) is 4.74 Å². The van der Waals surface area contributed by atoms with Crippen molar-refractivity contribution >= 4 is 28.7 Å². The summed E-state index contributed by atoms with van der Waals surface area (Å²) in [5.41, 5.74) is 3.02. The van der Waals surface area contributed by atoms with E-state index in [1.165, 1.54) is 0 Å². The Kier molecular flexibility index (Phi) is 10.2. The number of ether oxygens (including phenoxy) is 1. The molecule has 0 radical (unpaired) electrons. The summed E-state index contributed by atoms with van der Waals surface area (Å²) < 4.78 is 6.79. The van der Waals surface area contributed by atoms with E-state index in [0.717, 1.165) is 58.9 Å². The summed E-state index contributed by atoms with van der Waals surface area (Å²) in [6, 6.07) is 30.3. The number of hydrogen-bond donors (Lipinski definition) is 1. The smallest absolute Gasteiger partial charge is 0.550 e. The van der Waals surface area contributed by atoms with Crippen molar-refractivity contribution in [3.8, 4) is 5.75 Å². The first-order valence-electron chi connectivity index (χ1n) is 13.6. The predicted octanol–water partition coefficient (Wildman–Crippen LogP) is 3.01. The second-order valence-electron chi connectivity index (χ2n) is 9.96. The molecule has 0 fully saturated rings. The fourth-order valence-electron chi connectivity index (χ4n) is 5.22. The van der Waals surface area contributed by atoms with E-state index in [0.29, 0.717) is 18.5 Å². The van der Waals surface area contributed by atoms with Crippen molar-refractivity contribution in [1.29, 1.82) is 0 Å². The molecule has 1 N–H and O–H groups in total. The van der Waals surface area contributed by atoms with E-state index in [1.54, 1.807) is 0 Å². The number of carboxylic acid groups (broad SMARTS) is 1. The number of nitrogens with one attached hydrogen (secondary N) is 1. The maximum Gasteiger partial charge on any atom is 1.00 e. The predicted molar refractivity (Wildman–Crippen MR) is 152 cm³/mol. The molecule has 4 aromatic rings. The van der Waals surface area contributed by atoms with Gasteiger partial charge in [0.2, 0.25) is 0 Å². The molecule has 0 unspecified atom stereocenters. The van der Waals surface area contributed by atoms with Crippen LogP contribution in [0.1, 0.15) is 65.6 Å². The van der Waals surface area contributed by atoms with Crippen LogP contribution in [0.3, 0.4) is 0 Å². The molecule has 1 amide bonds. The molecule has 4 aromatic carbocycles. The van der Waals surface area contributed by atoms with Crippen LogP contribution in [0, 0.1) is 0 Å². The molecular formula is C34H32NNaO4. The van der Waals surface area contributed by atoms with Gasteiger partial charge in [-0.2, -0.15) is 0 Å². The number of unbranched alkanes of at least 4 members (excludes halogenated alkanes) is 4. The molecule has 1 heterocycles. The molecule has 0 bridgehead atoms. The van der Waals surface area contributed by atoms with E-state index in [-0.39, 0.29) is 41.9 Å². The maximum absolute atomic E-state index is 12.8. The molecule has 0 spiro atoms. The third kappa shape index (κ3) is 6.67. The van der Waals surface area contributed by atoms with Crippen molar-refractivity contribution < 1.29 is 49.0 Å². The SMILES string of the molecule is O=C([O-])CCCCCCCNC(=O)c1ccc2c3c(ccc2c1)OC(c1ccccc1)(c1ccccc1)C=C3.[Na+]. The Morgan fingerprint density at radius 2 is 1.43 bits per heavy atom. The molecular weight excluding hydrogens is 509 g/mol. The van der Waals surface area contributed by atoms with E-state index >= 15 is 0 Å². The van der Waals surface area contributed by atoms with E-state index in [9.17, 15) is 14.7 Å². The number of hydrogen-bond acceptors (Lipinski definition) is 4. The van der Waals surface area contributed by atoms with E-state index in [1.807, 2.05) is 66.7 Å². The van der Waals surface area contributed by atoms with Crippen molar-refractivity contribution in [2.75, 3.05) is 6.54 Å². The van der Waals surface area contributed by atoms with Crippen LogP contribution in [-0.4, -0.2) is 18.4 Å². The van der Waals surface area contributed by atoms with E-state index in [2.05, 4.69) is 41.7 Å². The Hall–Kier alpha value is -3.38. The van der Waals surface area contributed by atoms with Crippen molar-refractivity contribution in [2.45, 2.75) is 44.1 Å². The number of fused-ring (bicyclic) bond motifs is 3. The molecule has 6 heteroatoms. The number of benzene rings is 4. The third-order valence-electron chi connectivity index (χ3n) is 7.29. The van der Waals surface area contributed by atoms with Crippen molar-refractivity contribution in [3.05, 3.63) is 119 Å². The van der Waals surface area contributed by atoms with Gasteiger partial charge in [-0.15, -0.1) is 0 Å². The molecule has 40 heavy (non-hydrogen) atoms. The monoisotopic (exact) mass is 541 g/mol. The van der Waals surface area contributed by atoms with Gasteiger partial charge in [-0.25, -0.2) is 0 Å². The van der Waals surface area contributed by atoms with Crippen LogP contribution in [0.2, 0.25) is 0 Å². The quantitative estimate of drug-likeness (QED) is 0.234. The number of carbonyl (C=O) groups excluding carboxylic acids is 2. The fourth-order valence-corrected chi connectivity index (χ4v) is 5.22. The van der Waals surface area contributed by atoms with Crippen molar-refractivity contribution in [3.63, 3.8) is 0 Å². The van der Waals surface area contributed by atoms with Crippen LogP contribution in [0.25, 0.3) is 16.8 Å². The van der Waals surface area contributed by atoms with Gasteiger partial charge < -0.3 is 20.0 Å². The standard InChI is InChI=1S/C34H33NO4.Na/c36-32(37)16-10-2-1-3-11-23-35-33(38)26-17-19-29-25(24-26)18-20-31-30(29)21-22-34(39-31,27-12-6-4-7-13-27)28-14-8-5-9-15-28;/h4-9,12-15,17-22,24H,1-3,10-11,16,23H2,(H,35,38)(H,36,37);/q;+1/p-1. The molecule has 0 saturated heterocycles. The van der Waals surface area contributed by atoms with Crippen LogP contribution in [0.15, 0.2) is 97.1 Å². The van der Waals surface area contributed by atoms with Gasteiger partial charge >= 0.3 is 29.6 Å². The number of aliphatic carboxylic acids is 1. The van der Waals surface area contributed by atoms with Gasteiger partial charge in [-0.1, -0.05) is 92.1 Å². The third-order valence-corrected chi connectivity index (χ3v) is 7.29. The van der Waals surface area contributed by atoms with Gasteiger partial charge in [-0.3, -0.25) is 4.79 Å². The fraction of sp³-hybridized carbons (Fsp3) is 0.235. The minimum Gasteiger partial charge on any atom is -0.550 e. The van der Waals surface area contributed by atoms with Crippen molar-refractivity contribution in [2.24, 2.45) is 0 Å². The second-order valence-corrected chi connectivity index (χ2v) is 9.96. The topological polar surface area (TPSA) is 78.5 Å². The van der Waals surface area contributed by atoms with Gasteiger partial charge in [0.25, 0.3) is 5.91 Å². The van der Waals surface area contributed by atoms with Gasteiger partial charge in [0, 0.05) is 34.8 Å². The minimum atomic E-state index is -0.991. The molecule has 0 aliphatic carbocycles. The molecule has 0 saturated carbocycles. The van der Waals surface area contributed by atoms with Gasteiger partial charge in [-0.05, 0) is 60.4 Å². The molecule has 0 aromatic heterocycles. The Morgan fingerprint density at radius 1 is 0.775 bits per heavy atom. The van der Waals surface area contributed by atoms with Crippen molar-refractivity contribution in [1.82, 2.24) is 5.32 Å². The first-order valence-corrected chi connectivity index (χ1v) is 13.6. The van der Waals surface area contributed by atoms with Crippen LogP contribution in [-0.2, 0) is 10.4 Å². The average Bonchev–Trinajstić information content (AvgIpc) is 2.98. The summed E-state index contributed by atoms with van der Waals surface area (Å²) >= 11 is 0. The Labute approximate surface area is 257 Å². The molecule has 1 aliphatic heterocycles. The molecule has 0 atom stereocenters. The maximum atomic E-state index is 12.8. The summed E-state index contributed by atoms with van der Waals surface area (Å²) in [5, 5.41) is 15.5. The molecule has 5 rings (SSSR count). The van der Waals surface area contributed by atoms with Crippen LogP contribution in [0.4, 0.5) is 0 Å². The van der Waals surface area contributed by atoms with Crippen LogP contribution >= 0.6 is 0 Å². The summed E-state index contributed by atoms with van der Waals surface area (Å²) in [6.45, 7) is 0.596. The van der Waals surface area contributed by atoms with E-state index < -0.39 is 11.6 Å². The zero-order valence-corrected chi connectivity index (χ0v) is 24.9. The summed E-state index contributed by atoms with van der Waals surface area (Å²) in [4.78, 5) is 23.2. The zero-order valence-electron chi connectivity index (χ0n) is 22.9. The normalized spacial score (nSPS) is 13.1. The Balaban J connectivity index is 0.00000370.